The van der Waals surface area contributed by atoms with Crippen LogP contribution in [0.5, 0.6) is 0 Å². The third kappa shape index (κ3) is 1.50. The van der Waals surface area contributed by atoms with Gasteiger partial charge in [-0.25, -0.2) is 4.79 Å². The van der Waals surface area contributed by atoms with E-state index in [1.165, 1.54) is 6.42 Å². The van der Waals surface area contributed by atoms with Crippen LogP contribution in [0.3, 0.4) is 0 Å². The van der Waals surface area contributed by atoms with E-state index in [1.807, 2.05) is 0 Å². The molecule has 74 valence electrons. The summed E-state index contributed by atoms with van der Waals surface area (Å²) in [5, 5.41) is 8.64. The second-order valence-electron chi connectivity index (χ2n) is 3.90. The van der Waals surface area contributed by atoms with Gasteiger partial charge in [0.15, 0.2) is 0 Å². The van der Waals surface area contributed by atoms with Crippen LogP contribution in [0.25, 0.3) is 0 Å². The van der Waals surface area contributed by atoms with Crippen LogP contribution in [-0.2, 0) is 4.74 Å². The van der Waals surface area contributed by atoms with Gasteiger partial charge in [0.05, 0.1) is 6.54 Å². The lowest BCUT2D eigenvalue weighted by molar-refractivity contribution is -0.00689. The molecule has 0 unspecified atom stereocenters. The van der Waals surface area contributed by atoms with Crippen molar-refractivity contribution in [1.82, 2.24) is 4.90 Å². The van der Waals surface area contributed by atoms with Crippen LogP contribution in [-0.4, -0.2) is 41.4 Å². The molecule has 0 atom stereocenters. The van der Waals surface area contributed by atoms with Gasteiger partial charge in [0.25, 0.3) is 0 Å². The summed E-state index contributed by atoms with van der Waals surface area (Å²) >= 11 is 0. The molecule has 0 aromatic heterocycles. The number of aliphatic hydroxyl groups is 1. The highest BCUT2D eigenvalue weighted by Crippen LogP contribution is 2.40. The zero-order chi connectivity index (χ0) is 9.31. The predicted octanol–water partition coefficient (Wildman–Crippen LogP) is 0.744. The fraction of sp³-hybridized carbons (Fsp3) is 0.889. The first-order valence-electron chi connectivity index (χ1n) is 4.85. The highest BCUT2D eigenvalue weighted by molar-refractivity contribution is 5.70. The lowest BCUT2D eigenvalue weighted by atomic mass is 9.80. The summed E-state index contributed by atoms with van der Waals surface area (Å²) in [6.45, 7) is 1.49. The van der Waals surface area contributed by atoms with Gasteiger partial charge in [-0.05, 0) is 25.7 Å². The molecule has 2 aliphatic rings. The quantitative estimate of drug-likeness (QED) is 0.705. The Bertz CT molecular complexity index is 213. The number of rotatable bonds is 3. The first-order chi connectivity index (χ1) is 6.26. The van der Waals surface area contributed by atoms with E-state index in [1.54, 1.807) is 4.90 Å². The van der Waals surface area contributed by atoms with Crippen LogP contribution >= 0.6 is 0 Å². The van der Waals surface area contributed by atoms with Crippen molar-refractivity contribution in [3.8, 4) is 0 Å². The van der Waals surface area contributed by atoms with Gasteiger partial charge in [0, 0.05) is 13.2 Å². The Morgan fingerprint density at radius 1 is 1.54 bits per heavy atom. The van der Waals surface area contributed by atoms with Gasteiger partial charge in [0.2, 0.25) is 0 Å². The Labute approximate surface area is 77.5 Å². The summed E-state index contributed by atoms with van der Waals surface area (Å²) in [6, 6.07) is 0. The third-order valence-electron chi connectivity index (χ3n) is 2.89. The minimum atomic E-state index is -0.201. The molecule has 1 amide bonds. The molecule has 2 rings (SSSR count). The molecule has 1 aliphatic heterocycles. The Kier molecular flexibility index (Phi) is 2.15. The molecule has 4 nitrogen and oxygen atoms in total. The number of amides is 1. The van der Waals surface area contributed by atoms with Crippen molar-refractivity contribution in [1.29, 1.82) is 0 Å². The Morgan fingerprint density at radius 2 is 2.31 bits per heavy atom. The van der Waals surface area contributed by atoms with Crippen LogP contribution in [0.2, 0.25) is 0 Å². The average Bonchev–Trinajstić information content (AvgIpc) is 2.39. The van der Waals surface area contributed by atoms with Crippen molar-refractivity contribution in [3.63, 3.8) is 0 Å². The zero-order valence-electron chi connectivity index (χ0n) is 7.66. The van der Waals surface area contributed by atoms with Gasteiger partial charge in [0.1, 0.15) is 5.60 Å². The van der Waals surface area contributed by atoms with Crippen molar-refractivity contribution in [2.75, 3.05) is 19.7 Å². The smallest absolute Gasteiger partial charge is 0.410 e. The molecule has 0 aromatic rings. The normalized spacial score (nSPS) is 24.7. The third-order valence-corrected chi connectivity index (χ3v) is 2.89. The molecule has 0 radical (unpaired) electrons. The molecular formula is C9H15NO3. The Balaban J connectivity index is 1.88. The predicted molar refractivity (Wildman–Crippen MR) is 46.3 cm³/mol. The van der Waals surface area contributed by atoms with E-state index >= 15 is 0 Å². The molecule has 4 heteroatoms. The fourth-order valence-corrected chi connectivity index (χ4v) is 1.96. The molecular weight excluding hydrogens is 170 g/mol. The lowest BCUT2D eigenvalue weighted by Crippen LogP contribution is -2.41. The minimum absolute atomic E-state index is 0.136. The standard InChI is InChI=1S/C9H15NO3/c11-6-2-5-10-7-9(3-1-4-9)13-8(10)12/h11H,1-7H2. The molecule has 2 fully saturated rings. The van der Waals surface area contributed by atoms with Gasteiger partial charge in [-0.2, -0.15) is 0 Å². The topological polar surface area (TPSA) is 49.8 Å². The monoisotopic (exact) mass is 185 g/mol. The van der Waals surface area contributed by atoms with Gasteiger partial charge >= 0.3 is 6.09 Å². The highest BCUT2D eigenvalue weighted by Gasteiger charge is 2.48. The first-order valence-corrected chi connectivity index (χ1v) is 4.85. The summed E-state index contributed by atoms with van der Waals surface area (Å²) in [7, 11) is 0. The molecule has 1 spiro atoms. The van der Waals surface area contributed by atoms with Gasteiger partial charge in [-0.3, -0.25) is 0 Å². The molecule has 0 bridgehead atoms. The van der Waals surface area contributed by atoms with Crippen molar-refractivity contribution in [3.05, 3.63) is 0 Å². The van der Waals surface area contributed by atoms with Crippen LogP contribution in [0.4, 0.5) is 4.79 Å². The molecule has 1 saturated heterocycles. The molecule has 1 saturated carbocycles. The number of carbonyl (C=O) groups excluding carboxylic acids is 1. The number of hydrogen-bond acceptors (Lipinski definition) is 3. The largest absolute Gasteiger partial charge is 0.441 e. The Morgan fingerprint density at radius 3 is 2.77 bits per heavy atom. The minimum Gasteiger partial charge on any atom is -0.441 e. The lowest BCUT2D eigenvalue weighted by Gasteiger charge is -2.35. The van der Waals surface area contributed by atoms with E-state index in [4.69, 9.17) is 9.84 Å². The summed E-state index contributed by atoms with van der Waals surface area (Å²) in [5.41, 5.74) is -0.146. The summed E-state index contributed by atoms with van der Waals surface area (Å²) < 4.78 is 5.30. The molecule has 1 N–H and O–H groups in total. The molecule has 0 aromatic carbocycles. The van der Waals surface area contributed by atoms with Crippen LogP contribution < -0.4 is 0 Å². The maximum Gasteiger partial charge on any atom is 0.410 e. The summed E-state index contributed by atoms with van der Waals surface area (Å²) in [5.74, 6) is 0. The van der Waals surface area contributed by atoms with Crippen LogP contribution in [0, 0.1) is 0 Å². The average molecular weight is 185 g/mol. The number of ether oxygens (including phenoxy) is 1. The molecule has 1 aliphatic carbocycles. The van der Waals surface area contributed by atoms with E-state index in [-0.39, 0.29) is 18.3 Å². The number of nitrogens with zero attached hydrogens (tertiary/aromatic N) is 1. The van der Waals surface area contributed by atoms with E-state index < -0.39 is 0 Å². The maximum atomic E-state index is 11.3. The van der Waals surface area contributed by atoms with Crippen molar-refractivity contribution < 1.29 is 14.6 Å². The summed E-state index contributed by atoms with van der Waals surface area (Å²) in [6.07, 6.45) is 3.63. The number of aliphatic hydroxyl groups excluding tert-OH is 1. The zero-order valence-corrected chi connectivity index (χ0v) is 7.66. The summed E-state index contributed by atoms with van der Waals surface area (Å²) in [4.78, 5) is 13.0. The second-order valence-corrected chi connectivity index (χ2v) is 3.90. The van der Waals surface area contributed by atoms with E-state index in [9.17, 15) is 4.79 Å². The van der Waals surface area contributed by atoms with Crippen molar-refractivity contribution in [2.24, 2.45) is 0 Å². The SMILES string of the molecule is O=C1OC2(CCC2)CN1CCCO. The van der Waals surface area contributed by atoms with Gasteiger partial charge in [-0.15, -0.1) is 0 Å². The Hall–Kier alpha value is -0.770. The van der Waals surface area contributed by atoms with Gasteiger partial charge < -0.3 is 14.7 Å². The van der Waals surface area contributed by atoms with E-state index in [0.29, 0.717) is 13.0 Å². The van der Waals surface area contributed by atoms with Gasteiger partial charge in [-0.1, -0.05) is 0 Å². The number of carbonyl (C=O) groups is 1. The second kappa shape index (κ2) is 3.18. The number of hydrogen-bond donors (Lipinski definition) is 1. The van der Waals surface area contributed by atoms with Crippen LogP contribution in [0.15, 0.2) is 0 Å². The molecule has 1 heterocycles. The fourth-order valence-electron chi connectivity index (χ4n) is 1.96. The first kappa shape index (κ1) is 8.81. The van der Waals surface area contributed by atoms with E-state index in [2.05, 4.69) is 0 Å². The maximum absolute atomic E-state index is 11.3. The van der Waals surface area contributed by atoms with Crippen LogP contribution in [0.1, 0.15) is 25.7 Å². The van der Waals surface area contributed by atoms with Crippen molar-refractivity contribution in [2.45, 2.75) is 31.3 Å². The molecule has 13 heavy (non-hydrogen) atoms. The highest BCUT2D eigenvalue weighted by atomic mass is 16.6. The van der Waals surface area contributed by atoms with E-state index in [0.717, 1.165) is 19.4 Å². The van der Waals surface area contributed by atoms with Crippen molar-refractivity contribution >= 4 is 6.09 Å².